The van der Waals surface area contributed by atoms with E-state index in [1.54, 1.807) is 12.3 Å². The number of esters is 1. The van der Waals surface area contributed by atoms with Crippen LogP contribution in [0, 0.1) is 13.8 Å². The van der Waals surface area contributed by atoms with Gasteiger partial charge < -0.3 is 14.6 Å². The van der Waals surface area contributed by atoms with E-state index in [-0.39, 0.29) is 18.9 Å². The molecular formula is C24H21N3O4S. The Morgan fingerprint density at radius 2 is 1.81 bits per heavy atom. The molecule has 1 N–H and O–H groups in total. The summed E-state index contributed by atoms with van der Waals surface area (Å²) in [7, 11) is 0. The third-order valence-corrected chi connectivity index (χ3v) is 5.61. The van der Waals surface area contributed by atoms with Crippen LogP contribution >= 0.6 is 11.3 Å². The summed E-state index contributed by atoms with van der Waals surface area (Å²) < 4.78 is 10.7. The second-order valence-corrected chi connectivity index (χ2v) is 8.17. The molecule has 0 saturated carbocycles. The van der Waals surface area contributed by atoms with Gasteiger partial charge in [-0.15, -0.1) is 11.3 Å². The van der Waals surface area contributed by atoms with Crippen molar-refractivity contribution in [1.82, 2.24) is 10.1 Å². The second kappa shape index (κ2) is 9.57. The summed E-state index contributed by atoms with van der Waals surface area (Å²) in [6, 6.07) is 16.9. The normalized spacial score (nSPS) is 10.7. The van der Waals surface area contributed by atoms with Gasteiger partial charge in [0.15, 0.2) is 0 Å². The van der Waals surface area contributed by atoms with Crippen LogP contribution in [-0.2, 0) is 22.6 Å². The summed E-state index contributed by atoms with van der Waals surface area (Å²) in [5.74, 6) is -0.297. The number of hydrogen-bond acceptors (Lipinski definition) is 7. The summed E-state index contributed by atoms with van der Waals surface area (Å²) in [5, 5.41) is 9.28. The number of aromatic nitrogens is 2. The maximum absolute atomic E-state index is 12.7. The van der Waals surface area contributed by atoms with Gasteiger partial charge >= 0.3 is 5.97 Å². The van der Waals surface area contributed by atoms with E-state index >= 15 is 0 Å². The predicted octanol–water partition coefficient (Wildman–Crippen LogP) is 4.95. The van der Waals surface area contributed by atoms with Crippen molar-refractivity contribution in [3.05, 3.63) is 87.6 Å². The molecule has 0 saturated heterocycles. The highest BCUT2D eigenvalue weighted by Gasteiger charge is 2.23. The van der Waals surface area contributed by atoms with Crippen molar-refractivity contribution in [3.63, 3.8) is 0 Å². The summed E-state index contributed by atoms with van der Waals surface area (Å²) in [6.45, 7) is 3.65. The van der Waals surface area contributed by atoms with Gasteiger partial charge in [-0.25, -0.2) is 9.78 Å². The van der Waals surface area contributed by atoms with Gasteiger partial charge in [0.25, 0.3) is 0 Å². The van der Waals surface area contributed by atoms with E-state index in [0.717, 1.165) is 16.8 Å². The number of aryl methyl sites for hydroxylation is 2. The molecule has 4 aromatic rings. The van der Waals surface area contributed by atoms with Crippen molar-refractivity contribution in [2.24, 2.45) is 0 Å². The lowest BCUT2D eigenvalue weighted by Crippen LogP contribution is -2.14. The predicted molar refractivity (Wildman–Crippen MR) is 121 cm³/mol. The number of carbonyl (C=O) groups excluding carboxylic acids is 2. The first-order valence-corrected chi connectivity index (χ1v) is 10.9. The van der Waals surface area contributed by atoms with Crippen molar-refractivity contribution < 1.29 is 18.8 Å². The lowest BCUT2D eigenvalue weighted by Gasteiger charge is -2.04. The zero-order chi connectivity index (χ0) is 22.5. The molecule has 0 unspecified atom stereocenters. The highest BCUT2D eigenvalue weighted by Crippen LogP contribution is 2.26. The van der Waals surface area contributed by atoms with Gasteiger partial charge in [-0.05, 0) is 26.0 Å². The Morgan fingerprint density at radius 1 is 1.06 bits per heavy atom. The van der Waals surface area contributed by atoms with Crippen molar-refractivity contribution in [3.8, 4) is 11.3 Å². The van der Waals surface area contributed by atoms with Crippen LogP contribution in [0.15, 0.2) is 64.5 Å². The van der Waals surface area contributed by atoms with E-state index in [2.05, 4.69) is 15.5 Å². The van der Waals surface area contributed by atoms with Crippen LogP contribution in [0.2, 0.25) is 0 Å². The van der Waals surface area contributed by atoms with Crippen LogP contribution in [0.1, 0.15) is 32.4 Å². The molecule has 0 atom stereocenters. The maximum atomic E-state index is 12.7. The molecule has 2 aromatic heterocycles. The van der Waals surface area contributed by atoms with Gasteiger partial charge in [0.1, 0.15) is 28.6 Å². The molecule has 8 heteroatoms. The molecule has 162 valence electrons. The van der Waals surface area contributed by atoms with Crippen LogP contribution in [-0.4, -0.2) is 22.0 Å². The third kappa shape index (κ3) is 5.09. The first-order valence-electron chi connectivity index (χ1n) is 9.98. The number of nitrogens with one attached hydrogen (secondary N) is 1. The maximum Gasteiger partial charge on any atom is 0.344 e. The summed E-state index contributed by atoms with van der Waals surface area (Å²) in [6.07, 6.45) is 0.148. The minimum atomic E-state index is -0.533. The molecular weight excluding hydrogens is 426 g/mol. The van der Waals surface area contributed by atoms with Crippen molar-refractivity contribution in [2.75, 3.05) is 5.32 Å². The average molecular weight is 448 g/mol. The zero-order valence-electron chi connectivity index (χ0n) is 17.6. The Balaban J connectivity index is 1.35. The van der Waals surface area contributed by atoms with E-state index in [9.17, 15) is 9.59 Å². The fourth-order valence-corrected chi connectivity index (χ4v) is 3.87. The number of amides is 1. The Bertz CT molecular complexity index is 1230. The minimum Gasteiger partial charge on any atom is -0.455 e. The topological polar surface area (TPSA) is 94.3 Å². The molecule has 0 spiro atoms. The molecule has 0 aliphatic carbocycles. The fraction of sp³-hybridized carbons (Fsp3) is 0.167. The smallest absolute Gasteiger partial charge is 0.344 e. The van der Waals surface area contributed by atoms with Gasteiger partial charge in [-0.3, -0.25) is 4.79 Å². The number of thiazole rings is 1. The van der Waals surface area contributed by atoms with Crippen LogP contribution in [0.3, 0.4) is 0 Å². The fourth-order valence-electron chi connectivity index (χ4n) is 3.09. The Labute approximate surface area is 189 Å². The van der Waals surface area contributed by atoms with Gasteiger partial charge in [0.2, 0.25) is 5.91 Å². The number of nitrogens with zero attached hydrogens (tertiary/aromatic N) is 2. The number of benzene rings is 2. The molecule has 4 rings (SSSR count). The lowest BCUT2D eigenvalue weighted by molar-refractivity contribution is -0.115. The Hall–Kier alpha value is -3.78. The molecule has 2 heterocycles. The molecule has 0 aliphatic rings. The minimum absolute atomic E-state index is 0.00619. The van der Waals surface area contributed by atoms with Gasteiger partial charge in [-0.1, -0.05) is 53.2 Å². The van der Waals surface area contributed by atoms with Crippen molar-refractivity contribution in [1.29, 1.82) is 0 Å². The quantitative estimate of drug-likeness (QED) is 0.403. The Morgan fingerprint density at radius 3 is 2.56 bits per heavy atom. The monoisotopic (exact) mass is 447 g/mol. The highest BCUT2D eigenvalue weighted by molar-refractivity contribution is 7.09. The molecule has 2 aromatic carbocycles. The zero-order valence-corrected chi connectivity index (χ0v) is 18.4. The summed E-state index contributed by atoms with van der Waals surface area (Å²) in [4.78, 5) is 29.4. The van der Waals surface area contributed by atoms with Crippen LogP contribution in [0.4, 0.5) is 5.69 Å². The van der Waals surface area contributed by atoms with E-state index < -0.39 is 5.97 Å². The van der Waals surface area contributed by atoms with Crippen LogP contribution in [0.25, 0.3) is 11.3 Å². The number of ether oxygens (including phenoxy) is 1. The van der Waals surface area contributed by atoms with Crippen molar-refractivity contribution >= 4 is 28.9 Å². The molecule has 0 aliphatic heterocycles. The number of hydrogen-bond donors (Lipinski definition) is 1. The van der Waals surface area contributed by atoms with Crippen molar-refractivity contribution in [2.45, 2.75) is 26.9 Å². The molecule has 7 nitrogen and oxygen atoms in total. The van der Waals surface area contributed by atoms with Gasteiger partial charge in [0.05, 0.1) is 12.1 Å². The standard InChI is InChI=1S/C24H21N3O4S/c1-15-8-10-18(11-9-15)25-20(28)12-21-26-19(14-32-21)13-30-24(29)22-16(2)31-27-23(22)17-6-4-3-5-7-17/h3-11,14H,12-13H2,1-2H3,(H,25,28). The van der Waals surface area contributed by atoms with Gasteiger partial charge in [0, 0.05) is 16.6 Å². The largest absolute Gasteiger partial charge is 0.455 e. The summed E-state index contributed by atoms with van der Waals surface area (Å²) in [5.41, 5.74) is 3.96. The molecule has 32 heavy (non-hydrogen) atoms. The number of anilines is 1. The molecule has 0 fully saturated rings. The second-order valence-electron chi connectivity index (χ2n) is 7.23. The summed E-state index contributed by atoms with van der Waals surface area (Å²) >= 11 is 1.35. The molecule has 1 amide bonds. The van der Waals surface area contributed by atoms with E-state index in [1.807, 2.05) is 61.5 Å². The van der Waals surface area contributed by atoms with E-state index in [1.165, 1.54) is 11.3 Å². The SMILES string of the molecule is Cc1ccc(NC(=O)Cc2nc(COC(=O)c3c(-c4ccccc4)noc3C)cs2)cc1. The number of carbonyl (C=O) groups is 2. The highest BCUT2D eigenvalue weighted by atomic mass is 32.1. The van der Waals surface area contributed by atoms with Crippen LogP contribution < -0.4 is 5.32 Å². The first kappa shape index (κ1) is 21.5. The Kier molecular flexibility index (Phi) is 6.42. The van der Waals surface area contributed by atoms with Gasteiger partial charge in [-0.2, -0.15) is 0 Å². The number of rotatable bonds is 7. The average Bonchev–Trinajstić information content (AvgIpc) is 3.40. The lowest BCUT2D eigenvalue weighted by atomic mass is 10.1. The van der Waals surface area contributed by atoms with Crippen LogP contribution in [0.5, 0.6) is 0 Å². The third-order valence-electron chi connectivity index (χ3n) is 4.71. The van der Waals surface area contributed by atoms with E-state index in [4.69, 9.17) is 9.26 Å². The first-order chi connectivity index (χ1) is 15.5. The van der Waals surface area contributed by atoms with E-state index in [0.29, 0.717) is 27.7 Å². The molecule has 0 radical (unpaired) electrons. The molecule has 0 bridgehead atoms.